The second kappa shape index (κ2) is 4.17. The quantitative estimate of drug-likeness (QED) is 0.775. The predicted octanol–water partition coefficient (Wildman–Crippen LogP) is 0.390. The van der Waals surface area contributed by atoms with Crippen molar-refractivity contribution in [2.45, 2.75) is 32.4 Å². The van der Waals surface area contributed by atoms with Gasteiger partial charge in [0.25, 0.3) is 0 Å². The topological polar surface area (TPSA) is 104 Å². The highest BCUT2D eigenvalue weighted by Gasteiger charge is 2.57. The lowest BCUT2D eigenvalue weighted by molar-refractivity contribution is -0.161. The Balaban J connectivity index is 2.02. The molecule has 2 aliphatic rings. The van der Waals surface area contributed by atoms with Gasteiger partial charge in [-0.05, 0) is 13.8 Å². The van der Waals surface area contributed by atoms with Crippen LogP contribution in [0.5, 0.6) is 0 Å². The molecule has 0 aliphatic carbocycles. The molecule has 2 aliphatic heterocycles. The fraction of sp³-hybridized carbons (Fsp3) is 0.462. The first kappa shape index (κ1) is 12.9. The third-order valence-electron chi connectivity index (χ3n) is 3.86. The number of carboxylic acid groups (broad SMARTS) is 1. The van der Waals surface area contributed by atoms with Gasteiger partial charge in [0.1, 0.15) is 5.70 Å². The summed E-state index contributed by atoms with van der Waals surface area (Å²) in [6.07, 6.45) is -0.438. The van der Waals surface area contributed by atoms with E-state index < -0.39 is 18.0 Å². The summed E-state index contributed by atoms with van der Waals surface area (Å²) in [6.45, 7) is 3.28. The molecule has 7 heteroatoms. The van der Waals surface area contributed by atoms with Gasteiger partial charge in [0, 0.05) is 18.1 Å². The number of rotatable bonds is 3. The van der Waals surface area contributed by atoms with Crippen molar-refractivity contribution in [2.75, 3.05) is 0 Å². The highest BCUT2D eigenvalue weighted by atomic mass is 16.5. The van der Waals surface area contributed by atoms with E-state index in [1.165, 1.54) is 11.8 Å². The van der Waals surface area contributed by atoms with E-state index >= 15 is 0 Å². The Kier molecular flexibility index (Phi) is 2.68. The Morgan fingerprint density at radius 3 is 2.80 bits per heavy atom. The third-order valence-corrected chi connectivity index (χ3v) is 3.86. The third kappa shape index (κ3) is 1.59. The fourth-order valence-electron chi connectivity index (χ4n) is 3.00. The van der Waals surface area contributed by atoms with Gasteiger partial charge in [-0.15, -0.1) is 0 Å². The number of nitrogens with zero attached hydrogens (tertiary/aromatic N) is 2. The van der Waals surface area contributed by atoms with Gasteiger partial charge in [0.15, 0.2) is 5.76 Å². The smallest absolute Gasteiger partial charge is 0.353 e. The van der Waals surface area contributed by atoms with Gasteiger partial charge in [-0.25, -0.2) is 4.79 Å². The first-order valence-electron chi connectivity index (χ1n) is 6.33. The monoisotopic (exact) mass is 278 g/mol. The van der Waals surface area contributed by atoms with Crippen LogP contribution < -0.4 is 0 Å². The normalized spacial score (nSPS) is 26.6. The summed E-state index contributed by atoms with van der Waals surface area (Å²) in [6, 6.07) is 1.33. The molecule has 1 aromatic heterocycles. The molecule has 7 nitrogen and oxygen atoms in total. The summed E-state index contributed by atoms with van der Waals surface area (Å²) in [5, 5.41) is 22.7. The van der Waals surface area contributed by atoms with E-state index in [1.807, 2.05) is 0 Å². The molecular formula is C13H14N2O5. The SMILES string of the molecule is Cc1cc(C2=C(C(=O)O)N3C(=O)[C@H]([C@@H](C)O)[C@H]3C2)on1. The van der Waals surface area contributed by atoms with E-state index in [9.17, 15) is 19.8 Å². The highest BCUT2D eigenvalue weighted by molar-refractivity contribution is 6.05. The summed E-state index contributed by atoms with van der Waals surface area (Å²) >= 11 is 0. The lowest BCUT2D eigenvalue weighted by Crippen LogP contribution is -2.61. The highest BCUT2D eigenvalue weighted by Crippen LogP contribution is 2.46. The summed E-state index contributed by atoms with van der Waals surface area (Å²) in [5.74, 6) is -1.71. The van der Waals surface area contributed by atoms with Crippen molar-refractivity contribution in [2.24, 2.45) is 5.92 Å². The average molecular weight is 278 g/mol. The lowest BCUT2D eigenvalue weighted by atomic mass is 9.83. The number of β-lactam (4-membered cyclic amide) rings is 1. The second-order valence-electron chi connectivity index (χ2n) is 5.21. The minimum Gasteiger partial charge on any atom is -0.477 e. The van der Waals surface area contributed by atoms with Gasteiger partial charge in [0.05, 0.1) is 23.8 Å². The lowest BCUT2D eigenvalue weighted by Gasteiger charge is -2.44. The summed E-state index contributed by atoms with van der Waals surface area (Å²) < 4.78 is 5.11. The van der Waals surface area contributed by atoms with E-state index in [0.29, 0.717) is 23.4 Å². The maximum Gasteiger partial charge on any atom is 0.353 e. The Morgan fingerprint density at radius 2 is 2.30 bits per heavy atom. The molecular weight excluding hydrogens is 264 g/mol. The fourth-order valence-corrected chi connectivity index (χ4v) is 3.00. The number of amides is 1. The largest absolute Gasteiger partial charge is 0.477 e. The zero-order chi connectivity index (χ0) is 14.6. The van der Waals surface area contributed by atoms with Crippen molar-refractivity contribution in [3.05, 3.63) is 23.2 Å². The van der Waals surface area contributed by atoms with Crippen LogP contribution in [0.15, 0.2) is 16.3 Å². The van der Waals surface area contributed by atoms with Gasteiger partial charge in [-0.3, -0.25) is 4.79 Å². The molecule has 2 N–H and O–H groups in total. The van der Waals surface area contributed by atoms with Crippen molar-refractivity contribution in [1.82, 2.24) is 10.1 Å². The zero-order valence-electron chi connectivity index (χ0n) is 11.0. The Morgan fingerprint density at radius 1 is 1.60 bits per heavy atom. The maximum absolute atomic E-state index is 12.0. The van der Waals surface area contributed by atoms with Gasteiger partial charge >= 0.3 is 5.97 Å². The Labute approximate surface area is 114 Å². The molecule has 0 unspecified atom stereocenters. The molecule has 3 atom stereocenters. The minimum atomic E-state index is -1.17. The first-order chi connectivity index (χ1) is 9.41. The van der Waals surface area contributed by atoms with Crippen LogP contribution in [0.1, 0.15) is 24.8 Å². The molecule has 0 aromatic carbocycles. The summed E-state index contributed by atoms with van der Waals surface area (Å²) in [7, 11) is 0. The van der Waals surface area contributed by atoms with Crippen LogP contribution in [-0.2, 0) is 9.59 Å². The molecule has 1 amide bonds. The number of carbonyl (C=O) groups excluding carboxylic acids is 1. The summed E-state index contributed by atoms with van der Waals surface area (Å²) in [4.78, 5) is 24.7. The number of carbonyl (C=O) groups is 2. The average Bonchev–Trinajstić information content (AvgIpc) is 2.90. The van der Waals surface area contributed by atoms with Gasteiger partial charge in [-0.1, -0.05) is 5.16 Å². The zero-order valence-corrected chi connectivity index (χ0v) is 11.0. The molecule has 3 heterocycles. The van der Waals surface area contributed by atoms with Crippen LogP contribution in [0.4, 0.5) is 0 Å². The van der Waals surface area contributed by atoms with Crippen LogP contribution in [0, 0.1) is 12.8 Å². The number of hydrogen-bond acceptors (Lipinski definition) is 5. The number of aliphatic hydroxyl groups excluding tert-OH is 1. The first-order valence-corrected chi connectivity index (χ1v) is 6.33. The summed E-state index contributed by atoms with van der Waals surface area (Å²) in [5.41, 5.74) is 1.04. The van der Waals surface area contributed by atoms with Crippen LogP contribution in [0.2, 0.25) is 0 Å². The van der Waals surface area contributed by atoms with Crippen LogP contribution in [-0.4, -0.2) is 44.3 Å². The number of carboxylic acids is 1. The van der Waals surface area contributed by atoms with Gasteiger partial charge in [-0.2, -0.15) is 0 Å². The van der Waals surface area contributed by atoms with Crippen molar-refractivity contribution in [1.29, 1.82) is 0 Å². The van der Waals surface area contributed by atoms with Crippen molar-refractivity contribution < 1.29 is 24.3 Å². The van der Waals surface area contributed by atoms with E-state index in [2.05, 4.69) is 5.16 Å². The molecule has 0 bridgehead atoms. The second-order valence-corrected chi connectivity index (χ2v) is 5.21. The number of aliphatic carboxylic acids is 1. The van der Waals surface area contributed by atoms with E-state index in [0.717, 1.165) is 0 Å². The van der Waals surface area contributed by atoms with Crippen molar-refractivity contribution in [3.8, 4) is 0 Å². The molecule has 106 valence electrons. The molecule has 1 aromatic rings. The Hall–Kier alpha value is -2.15. The maximum atomic E-state index is 12.0. The molecule has 0 saturated carbocycles. The van der Waals surface area contributed by atoms with Crippen molar-refractivity contribution in [3.63, 3.8) is 0 Å². The number of fused-ring (bicyclic) bond motifs is 1. The number of aryl methyl sites for hydroxylation is 1. The van der Waals surface area contributed by atoms with E-state index in [-0.39, 0.29) is 17.6 Å². The van der Waals surface area contributed by atoms with Crippen LogP contribution in [0.25, 0.3) is 5.57 Å². The Bertz CT molecular complexity index is 630. The molecule has 3 rings (SSSR count). The van der Waals surface area contributed by atoms with E-state index in [1.54, 1.807) is 13.0 Å². The minimum absolute atomic E-state index is 0.0620. The molecule has 20 heavy (non-hydrogen) atoms. The van der Waals surface area contributed by atoms with Crippen LogP contribution in [0.3, 0.4) is 0 Å². The van der Waals surface area contributed by atoms with Crippen LogP contribution >= 0.6 is 0 Å². The van der Waals surface area contributed by atoms with Gasteiger partial charge < -0.3 is 19.6 Å². The number of aliphatic hydroxyl groups is 1. The molecule has 0 spiro atoms. The van der Waals surface area contributed by atoms with Crippen molar-refractivity contribution >= 4 is 17.4 Å². The molecule has 1 fully saturated rings. The number of hydrogen-bond donors (Lipinski definition) is 2. The van der Waals surface area contributed by atoms with E-state index in [4.69, 9.17) is 4.52 Å². The predicted molar refractivity (Wildman–Crippen MR) is 66.2 cm³/mol. The van der Waals surface area contributed by atoms with Gasteiger partial charge in [0.2, 0.25) is 5.91 Å². The number of aromatic nitrogens is 1. The molecule has 0 radical (unpaired) electrons. The molecule has 1 saturated heterocycles. The standard InChI is InChI=1S/C13H14N2O5/c1-5-3-9(20-14-5)7-4-8-10(6(2)16)12(17)15(8)11(7)13(18)19/h3,6,8,10,16H,4H2,1-2H3,(H,18,19)/t6-,8-,10-/m1/s1.